The van der Waals surface area contributed by atoms with E-state index >= 15 is 0 Å². The standard InChI is InChI=1S/C29H33N7O3/c37-29-23(15-21-16-25-26(39-19-38-25)17-24(21)30-29)27(28-31-32-33-36(28)18-20-7-3-1-4-8-20)35-13-11-34(12-14-35)22-9-5-2-6-10-22/h1,3-4,7-8,15-17,22,27H,2,5-6,9-14,18-19H2,(H,30,37). The van der Waals surface area contributed by atoms with Crippen LogP contribution in [0.5, 0.6) is 11.5 Å². The molecular weight excluding hydrogens is 494 g/mol. The third-order valence-electron chi connectivity index (χ3n) is 8.45. The average molecular weight is 528 g/mol. The lowest BCUT2D eigenvalue weighted by Gasteiger charge is -2.42. The van der Waals surface area contributed by atoms with E-state index in [0.717, 1.165) is 42.6 Å². The number of nitrogens with zero attached hydrogens (tertiary/aromatic N) is 6. The van der Waals surface area contributed by atoms with Gasteiger partial charge in [-0.25, -0.2) is 4.68 Å². The van der Waals surface area contributed by atoms with Gasteiger partial charge in [-0.05, 0) is 41.0 Å². The number of nitrogens with one attached hydrogen (secondary N) is 1. The summed E-state index contributed by atoms with van der Waals surface area (Å²) in [6.45, 7) is 4.37. The molecule has 10 heteroatoms. The number of rotatable bonds is 6. The second kappa shape index (κ2) is 10.4. The third kappa shape index (κ3) is 4.79. The number of hydrogen-bond donors (Lipinski definition) is 1. The number of aromatic nitrogens is 5. The topological polar surface area (TPSA) is 101 Å². The number of fused-ring (bicyclic) bond motifs is 2. The molecule has 2 aliphatic heterocycles. The van der Waals surface area contributed by atoms with Crippen molar-refractivity contribution in [2.45, 2.75) is 50.7 Å². The Morgan fingerprint density at radius 1 is 0.949 bits per heavy atom. The van der Waals surface area contributed by atoms with E-state index in [1.54, 1.807) is 0 Å². The van der Waals surface area contributed by atoms with Gasteiger partial charge in [0.05, 0.1) is 12.1 Å². The van der Waals surface area contributed by atoms with E-state index in [9.17, 15) is 4.79 Å². The molecule has 0 spiro atoms. The summed E-state index contributed by atoms with van der Waals surface area (Å²) in [6, 6.07) is 16.2. The predicted octanol–water partition coefficient (Wildman–Crippen LogP) is 3.33. The number of pyridine rings is 1. The highest BCUT2D eigenvalue weighted by Gasteiger charge is 2.34. The Hall–Kier alpha value is -3.76. The molecular formula is C29H33N7O3. The number of hydrogen-bond acceptors (Lipinski definition) is 8. The summed E-state index contributed by atoms with van der Waals surface area (Å²) in [6.07, 6.45) is 6.59. The zero-order chi connectivity index (χ0) is 26.2. The average Bonchev–Trinajstić information content (AvgIpc) is 3.63. The molecule has 2 aromatic carbocycles. The fourth-order valence-electron chi connectivity index (χ4n) is 6.40. The van der Waals surface area contributed by atoms with Gasteiger partial charge in [-0.15, -0.1) is 5.10 Å². The van der Waals surface area contributed by atoms with Crippen LogP contribution in [0.25, 0.3) is 10.9 Å². The Morgan fingerprint density at radius 3 is 2.51 bits per heavy atom. The molecule has 1 aliphatic carbocycles. The van der Waals surface area contributed by atoms with Gasteiger partial charge in [-0.3, -0.25) is 14.6 Å². The van der Waals surface area contributed by atoms with Crippen molar-refractivity contribution in [3.05, 3.63) is 75.8 Å². The van der Waals surface area contributed by atoms with Gasteiger partial charge < -0.3 is 14.5 Å². The summed E-state index contributed by atoms with van der Waals surface area (Å²) in [5.74, 6) is 2.01. The number of ether oxygens (including phenoxy) is 2. The fourth-order valence-corrected chi connectivity index (χ4v) is 6.40. The van der Waals surface area contributed by atoms with Crippen molar-refractivity contribution in [2.75, 3.05) is 33.0 Å². The minimum atomic E-state index is -0.379. The first-order chi connectivity index (χ1) is 19.2. The number of H-pyrrole nitrogens is 1. The highest BCUT2D eigenvalue weighted by atomic mass is 16.7. The van der Waals surface area contributed by atoms with Crippen molar-refractivity contribution in [1.29, 1.82) is 0 Å². The molecule has 4 aromatic rings. The summed E-state index contributed by atoms with van der Waals surface area (Å²) >= 11 is 0. The summed E-state index contributed by atoms with van der Waals surface area (Å²) in [5.41, 5.74) is 2.32. The molecule has 1 saturated carbocycles. The summed E-state index contributed by atoms with van der Waals surface area (Å²) in [7, 11) is 0. The molecule has 3 aliphatic rings. The van der Waals surface area contributed by atoms with Crippen LogP contribution in [0.3, 0.4) is 0 Å². The molecule has 39 heavy (non-hydrogen) atoms. The van der Waals surface area contributed by atoms with E-state index in [1.807, 2.05) is 41.1 Å². The van der Waals surface area contributed by atoms with Crippen molar-refractivity contribution in [3.63, 3.8) is 0 Å². The first-order valence-corrected chi connectivity index (χ1v) is 14.0. The maximum absolute atomic E-state index is 13.7. The van der Waals surface area contributed by atoms with E-state index < -0.39 is 0 Å². The molecule has 4 heterocycles. The van der Waals surface area contributed by atoms with Gasteiger partial charge in [0.1, 0.15) is 6.04 Å². The lowest BCUT2D eigenvalue weighted by atomic mass is 9.93. The summed E-state index contributed by atoms with van der Waals surface area (Å²) in [4.78, 5) is 21.8. The quantitative estimate of drug-likeness (QED) is 0.408. The Balaban J connectivity index is 1.26. The number of benzene rings is 2. The van der Waals surface area contributed by atoms with E-state index in [2.05, 4.69) is 42.4 Å². The van der Waals surface area contributed by atoms with E-state index in [4.69, 9.17) is 9.47 Å². The maximum atomic E-state index is 13.7. The highest BCUT2D eigenvalue weighted by Crippen LogP contribution is 2.36. The van der Waals surface area contributed by atoms with Crippen LogP contribution in [0.2, 0.25) is 0 Å². The lowest BCUT2D eigenvalue weighted by Crippen LogP contribution is -2.52. The normalized spacial score (nSPS) is 19.5. The van der Waals surface area contributed by atoms with Crippen LogP contribution in [0.1, 0.15) is 55.1 Å². The highest BCUT2D eigenvalue weighted by molar-refractivity contribution is 5.83. The lowest BCUT2D eigenvalue weighted by molar-refractivity contribution is 0.0618. The minimum absolute atomic E-state index is 0.143. The van der Waals surface area contributed by atoms with Gasteiger partial charge in [-0.1, -0.05) is 49.6 Å². The second-order valence-corrected chi connectivity index (χ2v) is 10.8. The molecule has 0 amide bonds. The first kappa shape index (κ1) is 24.3. The van der Waals surface area contributed by atoms with Crippen molar-refractivity contribution in [1.82, 2.24) is 35.0 Å². The van der Waals surface area contributed by atoms with E-state index in [0.29, 0.717) is 35.5 Å². The van der Waals surface area contributed by atoms with Crippen LogP contribution >= 0.6 is 0 Å². The molecule has 1 N–H and O–H groups in total. The van der Waals surface area contributed by atoms with Crippen LogP contribution in [-0.2, 0) is 6.54 Å². The van der Waals surface area contributed by atoms with Crippen LogP contribution < -0.4 is 15.0 Å². The monoisotopic (exact) mass is 527 g/mol. The van der Waals surface area contributed by atoms with Crippen LogP contribution in [-0.4, -0.2) is 74.0 Å². The largest absolute Gasteiger partial charge is 0.454 e. The molecule has 1 atom stereocenters. The second-order valence-electron chi connectivity index (χ2n) is 10.8. The molecule has 2 aromatic heterocycles. The summed E-state index contributed by atoms with van der Waals surface area (Å²) < 4.78 is 13.0. The molecule has 10 nitrogen and oxygen atoms in total. The van der Waals surface area contributed by atoms with Gasteiger partial charge in [0.15, 0.2) is 17.3 Å². The van der Waals surface area contributed by atoms with Crippen LogP contribution in [0.15, 0.2) is 53.3 Å². The Morgan fingerprint density at radius 2 is 1.72 bits per heavy atom. The third-order valence-corrected chi connectivity index (χ3v) is 8.45. The molecule has 1 unspecified atom stereocenters. The predicted molar refractivity (Wildman–Crippen MR) is 146 cm³/mol. The number of tetrazole rings is 1. The first-order valence-electron chi connectivity index (χ1n) is 14.0. The number of aromatic amines is 1. The Kier molecular flexibility index (Phi) is 6.49. The molecule has 202 valence electrons. The van der Waals surface area contributed by atoms with E-state index in [-0.39, 0.29) is 18.4 Å². The maximum Gasteiger partial charge on any atom is 0.253 e. The molecule has 1 saturated heterocycles. The van der Waals surface area contributed by atoms with Crippen LogP contribution in [0.4, 0.5) is 0 Å². The van der Waals surface area contributed by atoms with Crippen molar-refractivity contribution >= 4 is 10.9 Å². The number of piperazine rings is 1. The van der Waals surface area contributed by atoms with E-state index in [1.165, 1.54) is 32.1 Å². The zero-order valence-corrected chi connectivity index (χ0v) is 22.0. The van der Waals surface area contributed by atoms with Gasteiger partial charge in [-0.2, -0.15) is 0 Å². The Bertz CT molecular complexity index is 1500. The molecule has 7 rings (SSSR count). The Labute approximate surface area is 226 Å². The van der Waals surface area contributed by atoms with Crippen LogP contribution in [0, 0.1) is 0 Å². The fraction of sp³-hybridized carbons (Fsp3) is 0.448. The zero-order valence-electron chi connectivity index (χ0n) is 22.0. The molecule has 0 radical (unpaired) electrons. The molecule has 2 fully saturated rings. The summed E-state index contributed by atoms with van der Waals surface area (Å²) in [5, 5.41) is 13.8. The van der Waals surface area contributed by atoms with Gasteiger partial charge >= 0.3 is 0 Å². The van der Waals surface area contributed by atoms with Crippen molar-refractivity contribution < 1.29 is 9.47 Å². The SMILES string of the molecule is O=c1[nH]c2cc3c(cc2cc1C(c1nnnn1Cc1ccccc1)N1CCN(C2CCCCC2)CC1)OCO3. The van der Waals surface area contributed by atoms with Gasteiger partial charge in [0.2, 0.25) is 6.79 Å². The smallest absolute Gasteiger partial charge is 0.253 e. The molecule has 0 bridgehead atoms. The van der Waals surface area contributed by atoms with Crippen molar-refractivity contribution in [2.24, 2.45) is 0 Å². The van der Waals surface area contributed by atoms with Gasteiger partial charge in [0, 0.05) is 49.2 Å². The van der Waals surface area contributed by atoms with Crippen molar-refractivity contribution in [3.8, 4) is 11.5 Å². The van der Waals surface area contributed by atoms with Gasteiger partial charge in [0.25, 0.3) is 5.56 Å². The minimum Gasteiger partial charge on any atom is -0.454 e.